The molecule has 0 bridgehead atoms. The molecule has 0 fully saturated rings. The molecule has 1 rings (SSSR count). The molecule has 0 unspecified atom stereocenters. The molecule has 0 aliphatic heterocycles. The van der Waals surface area contributed by atoms with Crippen LogP contribution in [-0.2, 0) is 11.2 Å². The van der Waals surface area contributed by atoms with Gasteiger partial charge in [0.15, 0.2) is 5.78 Å². The highest BCUT2D eigenvalue weighted by Crippen LogP contribution is 2.11. The molecule has 3 nitrogen and oxygen atoms in total. The van der Waals surface area contributed by atoms with Crippen molar-refractivity contribution in [3.05, 3.63) is 35.1 Å². The summed E-state index contributed by atoms with van der Waals surface area (Å²) >= 11 is 0. The van der Waals surface area contributed by atoms with E-state index in [1.54, 1.807) is 0 Å². The van der Waals surface area contributed by atoms with E-state index in [4.69, 9.17) is 5.73 Å². The highest BCUT2D eigenvalue weighted by molar-refractivity contribution is 5.94. The summed E-state index contributed by atoms with van der Waals surface area (Å²) in [4.78, 5) is 21.5. The number of amides is 1. The Labute approximate surface area is 80.7 Å². The van der Waals surface area contributed by atoms with Gasteiger partial charge in [-0.05, 0) is 30.7 Å². The van der Waals surface area contributed by atoms with Gasteiger partial charge in [0.2, 0.25) is 5.91 Å². The second kappa shape index (κ2) is 4.00. The maximum Gasteiger partial charge on any atom is 0.221 e. The maximum atomic E-state index is 13.1. The Hall–Kier alpha value is -1.71. The van der Waals surface area contributed by atoms with E-state index in [1.807, 2.05) is 0 Å². The minimum atomic E-state index is -0.621. The number of hydrogen-bond donors (Lipinski definition) is 1. The number of primary amides is 1. The van der Waals surface area contributed by atoms with Gasteiger partial charge in [0.25, 0.3) is 0 Å². The van der Waals surface area contributed by atoms with E-state index < -0.39 is 11.7 Å². The Kier molecular flexibility index (Phi) is 2.96. The molecule has 0 saturated carbocycles. The zero-order valence-corrected chi connectivity index (χ0v) is 7.71. The third kappa shape index (κ3) is 2.39. The summed E-state index contributed by atoms with van der Waals surface area (Å²) in [6, 6.07) is 3.89. The molecular formula is C10H10FNO2. The minimum Gasteiger partial charge on any atom is -0.369 e. The fourth-order valence-electron chi connectivity index (χ4n) is 1.12. The zero-order valence-electron chi connectivity index (χ0n) is 7.71. The quantitative estimate of drug-likeness (QED) is 0.733. The van der Waals surface area contributed by atoms with Crippen LogP contribution in [0, 0.1) is 5.82 Å². The first-order valence-electron chi connectivity index (χ1n) is 4.08. The molecule has 1 amide bonds. The predicted octanol–water partition coefficient (Wildman–Crippen LogP) is 1.06. The standard InChI is InChI=1S/C10H10FNO2/c1-6(13)7-2-3-9(11)8(4-7)5-10(12)14/h2-4H,5H2,1H3,(H2,12,14). The van der Waals surface area contributed by atoms with E-state index in [-0.39, 0.29) is 17.8 Å². The fraction of sp³-hybridized carbons (Fsp3) is 0.200. The Morgan fingerprint density at radius 3 is 2.57 bits per heavy atom. The van der Waals surface area contributed by atoms with E-state index in [0.717, 1.165) is 6.07 Å². The van der Waals surface area contributed by atoms with Crippen molar-refractivity contribution in [2.45, 2.75) is 13.3 Å². The molecular weight excluding hydrogens is 185 g/mol. The van der Waals surface area contributed by atoms with E-state index in [1.165, 1.54) is 19.1 Å². The normalized spacial score (nSPS) is 9.86. The van der Waals surface area contributed by atoms with Crippen molar-refractivity contribution in [3.8, 4) is 0 Å². The molecule has 0 saturated heterocycles. The second-order valence-electron chi connectivity index (χ2n) is 3.01. The van der Waals surface area contributed by atoms with Crippen LogP contribution in [0.1, 0.15) is 22.8 Å². The number of ketones is 1. The highest BCUT2D eigenvalue weighted by Gasteiger charge is 2.08. The van der Waals surface area contributed by atoms with Crippen molar-refractivity contribution in [2.24, 2.45) is 5.73 Å². The fourth-order valence-corrected chi connectivity index (χ4v) is 1.12. The summed E-state index contributed by atoms with van der Waals surface area (Å²) in [7, 11) is 0. The van der Waals surface area contributed by atoms with Gasteiger partial charge in [-0.25, -0.2) is 4.39 Å². The molecule has 4 heteroatoms. The van der Waals surface area contributed by atoms with Crippen LogP contribution in [0.2, 0.25) is 0 Å². The lowest BCUT2D eigenvalue weighted by Crippen LogP contribution is -2.15. The van der Waals surface area contributed by atoms with Crippen LogP contribution in [0.25, 0.3) is 0 Å². The van der Waals surface area contributed by atoms with E-state index in [9.17, 15) is 14.0 Å². The van der Waals surface area contributed by atoms with E-state index >= 15 is 0 Å². The SMILES string of the molecule is CC(=O)c1ccc(F)c(CC(N)=O)c1. The average molecular weight is 195 g/mol. The van der Waals surface area contributed by atoms with Crippen molar-refractivity contribution in [1.29, 1.82) is 0 Å². The number of hydrogen-bond acceptors (Lipinski definition) is 2. The van der Waals surface area contributed by atoms with Gasteiger partial charge in [-0.2, -0.15) is 0 Å². The molecule has 2 N–H and O–H groups in total. The first-order valence-corrected chi connectivity index (χ1v) is 4.08. The Bertz CT molecular complexity index is 388. The monoisotopic (exact) mass is 195 g/mol. The van der Waals surface area contributed by atoms with Crippen LogP contribution in [0.5, 0.6) is 0 Å². The first-order chi connectivity index (χ1) is 6.50. The van der Waals surface area contributed by atoms with Gasteiger partial charge in [-0.3, -0.25) is 9.59 Å². The van der Waals surface area contributed by atoms with Crippen LogP contribution >= 0.6 is 0 Å². The molecule has 1 aromatic carbocycles. The summed E-state index contributed by atoms with van der Waals surface area (Å²) in [5.74, 6) is -1.31. The van der Waals surface area contributed by atoms with Gasteiger partial charge in [0.05, 0.1) is 6.42 Å². The van der Waals surface area contributed by atoms with Gasteiger partial charge in [-0.1, -0.05) is 0 Å². The third-order valence-corrected chi connectivity index (χ3v) is 1.82. The van der Waals surface area contributed by atoms with Gasteiger partial charge >= 0.3 is 0 Å². The van der Waals surface area contributed by atoms with Crippen LogP contribution in [0.4, 0.5) is 4.39 Å². The van der Waals surface area contributed by atoms with Gasteiger partial charge < -0.3 is 5.73 Å². The number of nitrogens with two attached hydrogens (primary N) is 1. The highest BCUT2D eigenvalue weighted by atomic mass is 19.1. The summed E-state index contributed by atoms with van der Waals surface area (Å²) in [5.41, 5.74) is 5.46. The number of carbonyl (C=O) groups is 2. The Morgan fingerprint density at radius 1 is 1.43 bits per heavy atom. The van der Waals surface area contributed by atoms with Crippen LogP contribution < -0.4 is 5.73 Å². The number of benzene rings is 1. The molecule has 0 aromatic heterocycles. The summed E-state index contributed by atoms with van der Waals surface area (Å²) in [6.45, 7) is 1.38. The van der Waals surface area contributed by atoms with Crippen molar-refractivity contribution in [2.75, 3.05) is 0 Å². The molecule has 0 heterocycles. The lowest BCUT2D eigenvalue weighted by Gasteiger charge is -2.02. The molecule has 0 atom stereocenters. The van der Waals surface area contributed by atoms with Crippen molar-refractivity contribution in [3.63, 3.8) is 0 Å². The van der Waals surface area contributed by atoms with Crippen LogP contribution in [-0.4, -0.2) is 11.7 Å². The zero-order chi connectivity index (χ0) is 10.7. The first kappa shape index (κ1) is 10.4. The number of rotatable bonds is 3. The number of halogens is 1. The maximum absolute atomic E-state index is 13.1. The van der Waals surface area contributed by atoms with E-state index in [0.29, 0.717) is 5.56 Å². The molecule has 0 radical (unpaired) electrons. The smallest absolute Gasteiger partial charge is 0.221 e. The van der Waals surface area contributed by atoms with Gasteiger partial charge in [0, 0.05) is 5.56 Å². The second-order valence-corrected chi connectivity index (χ2v) is 3.01. The largest absolute Gasteiger partial charge is 0.369 e. The summed E-state index contributed by atoms with van der Waals surface area (Å²) < 4.78 is 13.1. The summed E-state index contributed by atoms with van der Waals surface area (Å²) in [5, 5.41) is 0. The predicted molar refractivity (Wildman–Crippen MR) is 49.3 cm³/mol. The topological polar surface area (TPSA) is 60.2 Å². The van der Waals surface area contributed by atoms with Crippen molar-refractivity contribution in [1.82, 2.24) is 0 Å². The van der Waals surface area contributed by atoms with Gasteiger partial charge in [-0.15, -0.1) is 0 Å². The van der Waals surface area contributed by atoms with E-state index in [2.05, 4.69) is 0 Å². The molecule has 14 heavy (non-hydrogen) atoms. The molecule has 0 spiro atoms. The molecule has 74 valence electrons. The Morgan fingerprint density at radius 2 is 2.07 bits per heavy atom. The Balaban J connectivity index is 3.08. The molecule has 1 aromatic rings. The number of carbonyl (C=O) groups excluding carboxylic acids is 2. The van der Waals surface area contributed by atoms with Gasteiger partial charge in [0.1, 0.15) is 5.82 Å². The third-order valence-electron chi connectivity index (χ3n) is 1.82. The molecule has 0 aliphatic rings. The van der Waals surface area contributed by atoms with Crippen LogP contribution in [0.15, 0.2) is 18.2 Å². The van der Waals surface area contributed by atoms with Crippen LogP contribution in [0.3, 0.4) is 0 Å². The minimum absolute atomic E-state index is 0.158. The summed E-state index contributed by atoms with van der Waals surface area (Å²) in [6.07, 6.45) is -0.188. The lowest BCUT2D eigenvalue weighted by molar-refractivity contribution is -0.117. The lowest BCUT2D eigenvalue weighted by atomic mass is 10.1. The van der Waals surface area contributed by atoms with Crippen molar-refractivity contribution >= 4 is 11.7 Å². The number of Topliss-reactive ketones (excluding diaryl/α,β-unsaturated/α-hetero) is 1. The average Bonchev–Trinajstić information content (AvgIpc) is 2.07. The molecule has 0 aliphatic carbocycles. The van der Waals surface area contributed by atoms with Crippen molar-refractivity contribution < 1.29 is 14.0 Å².